The van der Waals surface area contributed by atoms with Crippen LogP contribution in [0.3, 0.4) is 0 Å². The van der Waals surface area contributed by atoms with E-state index < -0.39 is 63.6 Å². The largest absolute Gasteiger partial charge is 0.456 e. The molecule has 0 spiro atoms. The number of fused-ring (bicyclic) bond motifs is 7. The Morgan fingerprint density at radius 2 is 1.70 bits per heavy atom. The van der Waals surface area contributed by atoms with Gasteiger partial charge in [0, 0.05) is 5.75 Å². The van der Waals surface area contributed by atoms with Gasteiger partial charge in [-0.3, -0.25) is 19.2 Å². The van der Waals surface area contributed by atoms with E-state index in [2.05, 4.69) is 21.3 Å². The molecular formula is C24H36N4O7S2. The topological polar surface area (TPSA) is 163 Å². The van der Waals surface area contributed by atoms with E-state index in [1.54, 1.807) is 52.1 Å². The minimum Gasteiger partial charge on any atom is -0.456 e. The first kappa shape index (κ1) is 30.6. The van der Waals surface area contributed by atoms with Crippen LogP contribution >= 0.6 is 20.6 Å². The molecule has 13 heteroatoms. The van der Waals surface area contributed by atoms with Gasteiger partial charge in [0.1, 0.15) is 29.9 Å². The summed E-state index contributed by atoms with van der Waals surface area (Å²) in [5.41, 5.74) is -0.108. The molecule has 2 aliphatic heterocycles. The first-order chi connectivity index (χ1) is 17.4. The number of nitrogens with one attached hydrogen (secondary N) is 4. The maximum Gasteiger partial charge on any atom is 0.329 e. The molecule has 0 radical (unpaired) electrons. The number of esters is 1. The van der Waals surface area contributed by atoms with Crippen LogP contribution in [0.2, 0.25) is 0 Å². The second kappa shape index (κ2) is 14.3. The van der Waals surface area contributed by atoms with E-state index in [1.165, 1.54) is 6.08 Å². The molecule has 0 aromatic carbocycles. The zero-order valence-electron chi connectivity index (χ0n) is 21.6. The first-order valence-corrected chi connectivity index (χ1v) is 14.8. The molecule has 2 bridgehead atoms. The number of allylic oxidation sites excluding steroid dienone is 2. The van der Waals surface area contributed by atoms with E-state index in [4.69, 9.17) is 4.74 Å². The average Bonchev–Trinajstić information content (AvgIpc) is 2.82. The third-order valence-corrected chi connectivity index (χ3v) is 8.36. The van der Waals surface area contributed by atoms with Gasteiger partial charge >= 0.3 is 5.97 Å². The van der Waals surface area contributed by atoms with Crippen LogP contribution in [0.25, 0.3) is 0 Å². The lowest BCUT2D eigenvalue weighted by molar-refractivity contribution is -0.153. The van der Waals surface area contributed by atoms with Gasteiger partial charge in [-0.15, -0.1) is 0 Å². The quantitative estimate of drug-likeness (QED) is 0.112. The standard InChI is InChI=1S/C24H36N4O7S2/c1-6-16-21(30)28-20(14(4)5)24(33)35-15-9-7-8-10-37(34)36-12-17(22(31)25-16)26-23(32)19(13(2)3)27-18(29)11-15/h6-7,9-10,13-15,17,19-20,34H,8,11-12H2,1-5H3,(H,25,31)(H,26,32)(H,27,29)(H,28,30)/b9-7+,16-6-/t15-,17-,19-,20+,37?/m1/s1. The highest BCUT2D eigenvalue weighted by Crippen LogP contribution is 2.27. The predicted molar refractivity (Wildman–Crippen MR) is 144 cm³/mol. The monoisotopic (exact) mass is 556 g/mol. The summed E-state index contributed by atoms with van der Waals surface area (Å²) in [6, 6.07) is -3.15. The van der Waals surface area contributed by atoms with Crippen molar-refractivity contribution in [3.05, 3.63) is 23.9 Å². The predicted octanol–water partition coefficient (Wildman–Crippen LogP) is 1.24. The smallest absolute Gasteiger partial charge is 0.329 e. The van der Waals surface area contributed by atoms with Crippen molar-refractivity contribution in [2.75, 3.05) is 5.75 Å². The number of amides is 4. The van der Waals surface area contributed by atoms with Gasteiger partial charge in [-0.2, -0.15) is 0 Å². The molecule has 0 aromatic heterocycles. The van der Waals surface area contributed by atoms with Crippen molar-refractivity contribution >= 4 is 55.6 Å². The van der Waals surface area contributed by atoms with E-state index in [1.807, 2.05) is 0 Å². The molecule has 0 aliphatic carbocycles. The first-order valence-electron chi connectivity index (χ1n) is 12.1. The molecule has 0 aromatic rings. The molecule has 2 rings (SSSR count). The summed E-state index contributed by atoms with van der Waals surface area (Å²) in [5, 5.41) is 12.0. The fourth-order valence-electron chi connectivity index (χ4n) is 3.52. The summed E-state index contributed by atoms with van der Waals surface area (Å²) in [4.78, 5) is 65.3. The van der Waals surface area contributed by atoms with Gasteiger partial charge in [0.15, 0.2) is 0 Å². The van der Waals surface area contributed by atoms with E-state index in [0.29, 0.717) is 6.42 Å². The van der Waals surface area contributed by atoms with E-state index in [-0.39, 0.29) is 29.7 Å². The number of hydrogen-bond donors (Lipinski definition) is 5. The second-order valence-corrected chi connectivity index (χ2v) is 12.5. The molecule has 206 valence electrons. The normalized spacial score (nSPS) is 31.4. The van der Waals surface area contributed by atoms with E-state index in [9.17, 15) is 28.5 Å². The highest BCUT2D eigenvalue weighted by atomic mass is 33.1. The maximum absolute atomic E-state index is 13.2. The Morgan fingerprint density at radius 3 is 2.32 bits per heavy atom. The molecule has 11 nitrogen and oxygen atoms in total. The van der Waals surface area contributed by atoms with Crippen LogP contribution in [0.15, 0.2) is 23.9 Å². The van der Waals surface area contributed by atoms with E-state index in [0.717, 1.165) is 10.8 Å². The Bertz CT molecular complexity index is 994. The number of carbonyl (C=O) groups is 5. The molecule has 0 saturated carbocycles. The molecule has 5 atom stereocenters. The number of ether oxygens (including phenoxy) is 1. The number of rotatable bonds is 2. The molecule has 5 N–H and O–H groups in total. The van der Waals surface area contributed by atoms with Crippen LogP contribution in [0.1, 0.15) is 47.5 Å². The van der Waals surface area contributed by atoms with Gasteiger partial charge in [-0.1, -0.05) is 50.6 Å². The minimum atomic E-state index is -1.26. The van der Waals surface area contributed by atoms with Crippen molar-refractivity contribution in [1.82, 2.24) is 21.3 Å². The summed E-state index contributed by atoms with van der Waals surface area (Å²) >= 11 is 0. The third-order valence-electron chi connectivity index (χ3n) is 5.63. The Hall–Kier alpha value is -2.64. The zero-order valence-corrected chi connectivity index (χ0v) is 23.2. The summed E-state index contributed by atoms with van der Waals surface area (Å²) in [6.45, 7) is 8.49. The number of carbonyl (C=O) groups excluding carboxylic acids is 5. The second-order valence-electron chi connectivity index (χ2n) is 9.31. The molecule has 37 heavy (non-hydrogen) atoms. The lowest BCUT2D eigenvalue weighted by Gasteiger charge is -2.27. The zero-order chi connectivity index (χ0) is 27.7. The summed E-state index contributed by atoms with van der Waals surface area (Å²) < 4.78 is 16.0. The summed E-state index contributed by atoms with van der Waals surface area (Å²) in [6.07, 6.45) is 3.66. The van der Waals surface area contributed by atoms with Crippen molar-refractivity contribution < 1.29 is 33.3 Å². The molecule has 2 aliphatic rings. The van der Waals surface area contributed by atoms with Crippen molar-refractivity contribution in [1.29, 1.82) is 0 Å². The highest BCUT2D eigenvalue weighted by molar-refractivity contribution is 8.81. The van der Waals surface area contributed by atoms with Crippen LogP contribution in [0, 0.1) is 11.8 Å². The van der Waals surface area contributed by atoms with Gasteiger partial charge in [0.05, 0.1) is 6.42 Å². The fourth-order valence-corrected chi connectivity index (χ4v) is 5.75. The third kappa shape index (κ3) is 9.31. The van der Waals surface area contributed by atoms with Crippen molar-refractivity contribution in [3.8, 4) is 0 Å². The van der Waals surface area contributed by atoms with Gasteiger partial charge in [0.2, 0.25) is 17.7 Å². The highest BCUT2D eigenvalue weighted by Gasteiger charge is 2.33. The van der Waals surface area contributed by atoms with Gasteiger partial charge in [0.25, 0.3) is 5.91 Å². The van der Waals surface area contributed by atoms with Crippen molar-refractivity contribution in [3.63, 3.8) is 0 Å². The summed E-state index contributed by atoms with van der Waals surface area (Å²) in [5.74, 6) is -3.94. The van der Waals surface area contributed by atoms with Crippen LogP contribution in [-0.4, -0.2) is 69.5 Å². The Kier molecular flexibility index (Phi) is 11.9. The molecular weight excluding hydrogens is 520 g/mol. The minimum absolute atomic E-state index is 0.00755. The van der Waals surface area contributed by atoms with Crippen molar-refractivity contribution in [2.24, 2.45) is 11.8 Å². The molecule has 2 heterocycles. The van der Waals surface area contributed by atoms with Gasteiger partial charge in [-0.05, 0) is 46.4 Å². The average molecular weight is 557 g/mol. The molecule has 4 amide bonds. The summed E-state index contributed by atoms with van der Waals surface area (Å²) in [7, 11) is -0.203. The Morgan fingerprint density at radius 1 is 1.03 bits per heavy atom. The SMILES string of the molecule is C/C=C1\NC(=O)[C@H]2CS/S(O)=C\C/C=C/[C@H](CC(=O)N[C@H](C(C)C)C(=O)N2)OC(=O)[C@H](C(C)C)NC1=O. The fraction of sp³-hybridized carbons (Fsp3) is 0.583. The maximum atomic E-state index is 13.2. The van der Waals surface area contributed by atoms with Crippen LogP contribution in [-0.2, 0) is 28.7 Å². The van der Waals surface area contributed by atoms with Crippen LogP contribution in [0.4, 0.5) is 0 Å². The Labute approximate surface area is 223 Å². The van der Waals surface area contributed by atoms with Crippen molar-refractivity contribution in [2.45, 2.75) is 71.7 Å². The lowest BCUT2D eigenvalue weighted by Crippen LogP contribution is -2.57. The van der Waals surface area contributed by atoms with Gasteiger partial charge in [-0.25, -0.2) is 4.79 Å². The van der Waals surface area contributed by atoms with Gasteiger partial charge < -0.3 is 30.6 Å². The molecule has 1 fully saturated rings. The Balaban J connectivity index is 2.62. The molecule has 1 saturated heterocycles. The van der Waals surface area contributed by atoms with Crippen LogP contribution < -0.4 is 21.3 Å². The van der Waals surface area contributed by atoms with E-state index >= 15 is 0 Å². The lowest BCUT2D eigenvalue weighted by atomic mass is 10.0. The van der Waals surface area contributed by atoms with Crippen LogP contribution in [0.5, 0.6) is 0 Å². The molecule has 1 unspecified atom stereocenters. The number of hydrogen-bond acceptors (Lipinski definition) is 8.